The van der Waals surface area contributed by atoms with Crippen LogP contribution in [0.25, 0.3) is 0 Å². The average molecular weight is 674 g/mol. The molecule has 0 spiro atoms. The molecular weight excluding hydrogens is 634 g/mol. The molecule has 1 aliphatic rings. The number of hydrogen-bond acceptors (Lipinski definition) is 10. The molecule has 3 rings (SSSR count). The van der Waals surface area contributed by atoms with Crippen LogP contribution in [0.2, 0.25) is 0 Å². The Hall–Kier alpha value is -4.90. The van der Waals surface area contributed by atoms with Gasteiger partial charge in [-0.25, -0.2) is 0 Å². The fraction of sp³-hybridized carbons (Fsp3) is 0.433. The predicted molar refractivity (Wildman–Crippen MR) is 171 cm³/mol. The molecule has 5 atom stereocenters. The van der Waals surface area contributed by atoms with Crippen molar-refractivity contribution in [1.82, 2.24) is 20.9 Å². The van der Waals surface area contributed by atoms with Crippen molar-refractivity contribution in [2.75, 3.05) is 25.1 Å². The van der Waals surface area contributed by atoms with E-state index in [1.807, 2.05) is 0 Å². The molecule has 2 aromatic rings. The van der Waals surface area contributed by atoms with Gasteiger partial charge in [-0.05, 0) is 48.9 Å². The van der Waals surface area contributed by atoms with Gasteiger partial charge in [0.25, 0.3) is 5.69 Å². The van der Waals surface area contributed by atoms with Crippen LogP contribution in [0, 0.1) is 10.1 Å². The summed E-state index contributed by atoms with van der Waals surface area (Å²) >= 11 is 0. The number of carbonyl (C=O) groups excluding carboxylic acids is 5. The van der Waals surface area contributed by atoms with Crippen molar-refractivity contribution in [3.63, 3.8) is 0 Å². The maximum absolute atomic E-state index is 13.5. The summed E-state index contributed by atoms with van der Waals surface area (Å²) in [5.74, 6) is -3.32. The number of non-ortho nitro benzene ring substituents is 1. The first kappa shape index (κ1) is 36.6. The molecule has 1 saturated heterocycles. The number of nitro groups is 1. The minimum absolute atomic E-state index is 0.0149. The first-order chi connectivity index (χ1) is 22.2. The van der Waals surface area contributed by atoms with E-state index in [0.29, 0.717) is 24.0 Å². The molecule has 0 radical (unpaired) electrons. The van der Waals surface area contributed by atoms with Crippen molar-refractivity contribution in [2.24, 2.45) is 11.5 Å². The summed E-state index contributed by atoms with van der Waals surface area (Å²) in [6, 6.07) is 7.22. The van der Waals surface area contributed by atoms with Gasteiger partial charge in [0.15, 0.2) is 0 Å². The second-order valence-electron chi connectivity index (χ2n) is 11.2. The zero-order chi connectivity index (χ0) is 34.7. The van der Waals surface area contributed by atoms with Crippen molar-refractivity contribution in [2.45, 2.75) is 56.3 Å². The standard InChI is InChI=1S/C30H39N7O9S/c1-47(46)14-12-23(35-28(41)22(31)15-18-6-10-21(38)11-7-18)29(42)33-17-26(39)34-24(16-19-4-8-20(9-5-19)37(44)45)30(43)36-13-2-3-25(36)27(32)40/h4-11,22-25,38H,2-3,12-17,31H2,1H3,(H2,32,40)(H,33,42)(H,34,39)(H,35,41)/t22-,23+,24-,25-,47+/m1/s1. The van der Waals surface area contributed by atoms with Crippen LogP contribution >= 0.6 is 0 Å². The van der Waals surface area contributed by atoms with Crippen LogP contribution in [-0.2, 0) is 47.6 Å². The van der Waals surface area contributed by atoms with Gasteiger partial charge < -0.3 is 37.4 Å². The van der Waals surface area contributed by atoms with Crippen LogP contribution in [0.15, 0.2) is 48.5 Å². The molecule has 0 aliphatic carbocycles. The number of nitrogens with two attached hydrogens (primary N) is 2. The summed E-state index contributed by atoms with van der Waals surface area (Å²) in [6.07, 6.45) is 2.36. The largest absolute Gasteiger partial charge is 0.508 e. The number of phenols is 1. The molecule has 17 heteroatoms. The fourth-order valence-electron chi connectivity index (χ4n) is 5.06. The first-order valence-electron chi connectivity index (χ1n) is 14.8. The van der Waals surface area contributed by atoms with Crippen LogP contribution in [0.3, 0.4) is 0 Å². The molecule has 2 aromatic carbocycles. The van der Waals surface area contributed by atoms with E-state index in [1.54, 1.807) is 12.1 Å². The lowest BCUT2D eigenvalue weighted by Crippen LogP contribution is -2.56. The highest BCUT2D eigenvalue weighted by Gasteiger charge is 2.37. The van der Waals surface area contributed by atoms with Crippen molar-refractivity contribution in [3.8, 4) is 5.75 Å². The Bertz CT molecular complexity index is 1490. The number of nitrogens with zero attached hydrogens (tertiary/aromatic N) is 2. The van der Waals surface area contributed by atoms with Gasteiger partial charge in [0.1, 0.15) is 23.9 Å². The minimum atomic E-state index is -1.30. The van der Waals surface area contributed by atoms with Crippen molar-refractivity contribution in [3.05, 3.63) is 69.8 Å². The molecule has 254 valence electrons. The molecule has 0 saturated carbocycles. The Kier molecular flexibility index (Phi) is 13.3. The van der Waals surface area contributed by atoms with Crippen LogP contribution in [0.4, 0.5) is 5.69 Å². The van der Waals surface area contributed by atoms with E-state index in [-0.39, 0.29) is 43.0 Å². The monoisotopic (exact) mass is 673 g/mol. The molecule has 16 nitrogen and oxygen atoms in total. The van der Waals surface area contributed by atoms with Gasteiger partial charge in [-0.3, -0.25) is 38.3 Å². The van der Waals surface area contributed by atoms with Gasteiger partial charge in [-0.15, -0.1) is 0 Å². The van der Waals surface area contributed by atoms with E-state index >= 15 is 0 Å². The van der Waals surface area contributed by atoms with Crippen molar-refractivity contribution >= 4 is 46.0 Å². The van der Waals surface area contributed by atoms with Crippen molar-refractivity contribution < 1.29 is 38.2 Å². The van der Waals surface area contributed by atoms with E-state index < -0.39 is 76.0 Å². The normalized spacial score (nSPS) is 16.7. The minimum Gasteiger partial charge on any atom is -0.508 e. The quantitative estimate of drug-likeness (QED) is 0.0911. The van der Waals surface area contributed by atoms with Gasteiger partial charge in [-0.1, -0.05) is 24.3 Å². The number of nitro benzene ring substituents is 1. The first-order valence-corrected chi connectivity index (χ1v) is 16.5. The highest BCUT2D eigenvalue weighted by Crippen LogP contribution is 2.20. The molecule has 47 heavy (non-hydrogen) atoms. The topological polar surface area (TPSA) is 257 Å². The summed E-state index contributed by atoms with van der Waals surface area (Å²) in [5.41, 5.74) is 12.5. The summed E-state index contributed by atoms with van der Waals surface area (Å²) in [6.45, 7) is -0.353. The number of rotatable bonds is 16. The second-order valence-corrected chi connectivity index (χ2v) is 12.7. The average Bonchev–Trinajstić information content (AvgIpc) is 3.53. The Balaban J connectivity index is 1.68. The van der Waals surface area contributed by atoms with E-state index in [1.165, 1.54) is 47.6 Å². The SMILES string of the molecule is C[S@](=O)CC[C@H](NC(=O)[C@H](N)Cc1ccc(O)cc1)C(=O)NCC(=O)N[C@H](Cc1ccc([N+](=O)[O-])cc1)C(=O)N1CCC[C@@H]1C(N)=O. The van der Waals surface area contributed by atoms with Crippen molar-refractivity contribution in [1.29, 1.82) is 0 Å². The third-order valence-corrected chi connectivity index (χ3v) is 8.37. The summed E-state index contributed by atoms with van der Waals surface area (Å²) in [7, 11) is -1.30. The van der Waals surface area contributed by atoms with Crippen LogP contribution in [0.5, 0.6) is 5.75 Å². The highest BCUT2D eigenvalue weighted by atomic mass is 32.2. The van der Waals surface area contributed by atoms with Crippen LogP contribution in [-0.4, -0.2) is 97.9 Å². The molecule has 8 N–H and O–H groups in total. The van der Waals surface area contributed by atoms with E-state index in [2.05, 4.69) is 16.0 Å². The zero-order valence-electron chi connectivity index (χ0n) is 25.8. The predicted octanol–water partition coefficient (Wildman–Crippen LogP) is -1.26. The lowest BCUT2D eigenvalue weighted by Gasteiger charge is -2.28. The number of amides is 5. The second kappa shape index (κ2) is 17.1. The third-order valence-electron chi connectivity index (χ3n) is 7.56. The smallest absolute Gasteiger partial charge is 0.269 e. The molecule has 0 aromatic heterocycles. The lowest BCUT2D eigenvalue weighted by molar-refractivity contribution is -0.384. The molecule has 0 bridgehead atoms. The maximum atomic E-state index is 13.5. The van der Waals surface area contributed by atoms with Gasteiger partial charge in [0, 0.05) is 47.9 Å². The number of phenolic OH excluding ortho intramolecular Hbond substituents is 1. The lowest BCUT2D eigenvalue weighted by atomic mass is 10.0. The number of hydrogen-bond donors (Lipinski definition) is 6. The third kappa shape index (κ3) is 11.1. The summed E-state index contributed by atoms with van der Waals surface area (Å²) in [5, 5.41) is 28.0. The number of benzene rings is 2. The molecular formula is C30H39N7O9S. The van der Waals surface area contributed by atoms with Crippen LogP contribution in [0.1, 0.15) is 30.4 Å². The Morgan fingerprint density at radius 2 is 1.62 bits per heavy atom. The Morgan fingerprint density at radius 3 is 2.21 bits per heavy atom. The molecule has 1 aliphatic heterocycles. The van der Waals surface area contributed by atoms with E-state index in [0.717, 1.165) is 0 Å². The number of carbonyl (C=O) groups is 5. The van der Waals surface area contributed by atoms with E-state index in [4.69, 9.17) is 11.5 Å². The zero-order valence-corrected chi connectivity index (χ0v) is 26.6. The molecule has 1 fully saturated rings. The van der Waals surface area contributed by atoms with Gasteiger partial charge in [0.05, 0.1) is 17.5 Å². The number of likely N-dealkylation sites (tertiary alicyclic amines) is 1. The summed E-state index contributed by atoms with van der Waals surface area (Å²) in [4.78, 5) is 76.1. The molecule has 1 heterocycles. The number of primary amides is 1. The highest BCUT2D eigenvalue weighted by molar-refractivity contribution is 7.84. The Morgan fingerprint density at radius 1 is 1.00 bits per heavy atom. The van der Waals surface area contributed by atoms with Gasteiger partial charge >= 0.3 is 0 Å². The summed E-state index contributed by atoms with van der Waals surface area (Å²) < 4.78 is 11.7. The molecule has 5 amide bonds. The van der Waals surface area contributed by atoms with Gasteiger partial charge in [0.2, 0.25) is 29.5 Å². The maximum Gasteiger partial charge on any atom is 0.269 e. The fourth-order valence-corrected chi connectivity index (χ4v) is 5.63. The number of aromatic hydroxyl groups is 1. The molecule has 0 unspecified atom stereocenters. The number of nitrogens with one attached hydrogen (secondary N) is 3. The van der Waals surface area contributed by atoms with Crippen LogP contribution < -0.4 is 27.4 Å². The Labute approximate surface area is 273 Å². The van der Waals surface area contributed by atoms with Gasteiger partial charge in [-0.2, -0.15) is 0 Å². The van der Waals surface area contributed by atoms with E-state index in [9.17, 15) is 43.4 Å².